The normalized spacial score (nSPS) is 30.0. The SMILES string of the molecule is O=S(=O)(c1cccc(C(F)(F)F)c1)N(C1CC1)C1CCC2CNCC21. The smallest absolute Gasteiger partial charge is 0.316 e. The van der Waals surface area contributed by atoms with Crippen LogP contribution in [0.1, 0.15) is 31.2 Å². The lowest BCUT2D eigenvalue weighted by Gasteiger charge is -2.32. The van der Waals surface area contributed by atoms with Gasteiger partial charge in [-0.1, -0.05) is 6.07 Å². The number of sulfonamides is 1. The number of hydrogen-bond donors (Lipinski definition) is 1. The molecule has 3 aliphatic rings. The number of rotatable bonds is 4. The third kappa shape index (κ3) is 3.08. The molecule has 0 bridgehead atoms. The van der Waals surface area contributed by atoms with Crippen molar-refractivity contribution < 1.29 is 21.6 Å². The highest BCUT2D eigenvalue weighted by atomic mass is 32.2. The van der Waals surface area contributed by atoms with E-state index in [1.54, 1.807) is 4.31 Å². The monoisotopic (exact) mass is 374 g/mol. The number of hydrogen-bond acceptors (Lipinski definition) is 3. The van der Waals surface area contributed by atoms with Gasteiger partial charge in [0.15, 0.2) is 0 Å². The van der Waals surface area contributed by atoms with Crippen molar-refractivity contribution in [2.45, 2.75) is 48.8 Å². The Bertz CT molecular complexity index is 761. The van der Waals surface area contributed by atoms with Gasteiger partial charge in [0, 0.05) is 12.1 Å². The van der Waals surface area contributed by atoms with E-state index >= 15 is 0 Å². The van der Waals surface area contributed by atoms with E-state index < -0.39 is 21.8 Å². The second-order valence-electron chi connectivity index (χ2n) is 7.32. The van der Waals surface area contributed by atoms with Gasteiger partial charge in [-0.25, -0.2) is 8.42 Å². The van der Waals surface area contributed by atoms with Gasteiger partial charge in [-0.15, -0.1) is 0 Å². The fraction of sp³-hybridized carbons (Fsp3) is 0.647. The molecule has 8 heteroatoms. The lowest BCUT2D eigenvalue weighted by molar-refractivity contribution is -0.137. The van der Waals surface area contributed by atoms with E-state index in [4.69, 9.17) is 0 Å². The Morgan fingerprint density at radius 2 is 1.84 bits per heavy atom. The second-order valence-corrected chi connectivity index (χ2v) is 9.16. The fourth-order valence-corrected chi connectivity index (χ4v) is 6.35. The highest BCUT2D eigenvalue weighted by Crippen LogP contribution is 2.44. The first kappa shape index (κ1) is 17.3. The molecule has 25 heavy (non-hydrogen) atoms. The third-order valence-electron chi connectivity index (χ3n) is 5.69. The molecule has 1 aromatic carbocycles. The van der Waals surface area contributed by atoms with Crippen molar-refractivity contribution in [1.82, 2.24) is 9.62 Å². The van der Waals surface area contributed by atoms with Gasteiger partial charge < -0.3 is 5.32 Å². The largest absolute Gasteiger partial charge is 0.416 e. The van der Waals surface area contributed by atoms with Crippen LogP contribution in [-0.4, -0.2) is 37.9 Å². The van der Waals surface area contributed by atoms with Crippen molar-refractivity contribution in [2.24, 2.45) is 11.8 Å². The van der Waals surface area contributed by atoms with Gasteiger partial charge >= 0.3 is 6.18 Å². The van der Waals surface area contributed by atoms with Crippen LogP contribution < -0.4 is 5.32 Å². The minimum Gasteiger partial charge on any atom is -0.316 e. The first-order valence-electron chi connectivity index (χ1n) is 8.70. The van der Waals surface area contributed by atoms with E-state index in [1.165, 1.54) is 12.1 Å². The van der Waals surface area contributed by atoms with Gasteiger partial charge in [0.25, 0.3) is 0 Å². The Morgan fingerprint density at radius 1 is 1.08 bits per heavy atom. The molecular weight excluding hydrogens is 353 g/mol. The van der Waals surface area contributed by atoms with E-state index in [0.717, 1.165) is 50.9 Å². The molecular formula is C17H21F3N2O2S. The molecule has 3 unspecified atom stereocenters. The van der Waals surface area contributed by atoms with E-state index in [2.05, 4.69) is 5.32 Å². The van der Waals surface area contributed by atoms with Crippen LogP contribution >= 0.6 is 0 Å². The Labute approximate surface area is 145 Å². The van der Waals surface area contributed by atoms with Gasteiger partial charge in [0.2, 0.25) is 10.0 Å². The van der Waals surface area contributed by atoms with Crippen molar-refractivity contribution in [1.29, 1.82) is 0 Å². The molecule has 1 saturated heterocycles. The molecule has 0 radical (unpaired) electrons. The summed E-state index contributed by atoms with van der Waals surface area (Å²) >= 11 is 0. The van der Waals surface area contributed by atoms with Crippen LogP contribution in [-0.2, 0) is 16.2 Å². The topological polar surface area (TPSA) is 49.4 Å². The summed E-state index contributed by atoms with van der Waals surface area (Å²) in [5.74, 6) is 0.740. The molecule has 138 valence electrons. The van der Waals surface area contributed by atoms with Gasteiger partial charge in [-0.2, -0.15) is 17.5 Å². The molecule has 1 aromatic rings. The van der Waals surface area contributed by atoms with E-state index in [0.29, 0.717) is 5.92 Å². The Morgan fingerprint density at radius 3 is 2.52 bits per heavy atom. The maximum atomic E-state index is 13.2. The van der Waals surface area contributed by atoms with Crippen LogP contribution in [0.5, 0.6) is 0 Å². The molecule has 1 heterocycles. The minimum absolute atomic E-state index is 0.0658. The lowest BCUT2D eigenvalue weighted by atomic mass is 9.98. The molecule has 2 saturated carbocycles. The average molecular weight is 374 g/mol. The predicted octanol–water partition coefficient (Wildman–Crippen LogP) is 2.86. The molecule has 4 rings (SSSR count). The number of fused-ring (bicyclic) bond motifs is 1. The van der Waals surface area contributed by atoms with E-state index in [9.17, 15) is 21.6 Å². The van der Waals surface area contributed by atoms with Gasteiger partial charge in [-0.05, 0) is 68.8 Å². The Hall–Kier alpha value is -1.12. The lowest BCUT2D eigenvalue weighted by Crippen LogP contribution is -2.45. The van der Waals surface area contributed by atoms with Gasteiger partial charge in [-0.3, -0.25) is 0 Å². The number of nitrogens with one attached hydrogen (secondary N) is 1. The summed E-state index contributed by atoms with van der Waals surface area (Å²) in [5.41, 5.74) is -0.920. The molecule has 3 fully saturated rings. The quantitative estimate of drug-likeness (QED) is 0.882. The molecule has 1 aliphatic heterocycles. The second kappa shape index (κ2) is 5.96. The summed E-state index contributed by atoms with van der Waals surface area (Å²) in [5, 5.41) is 3.32. The first-order valence-corrected chi connectivity index (χ1v) is 10.1. The van der Waals surface area contributed by atoms with Crippen LogP contribution in [0.3, 0.4) is 0 Å². The van der Waals surface area contributed by atoms with Crippen molar-refractivity contribution in [3.8, 4) is 0 Å². The fourth-order valence-electron chi connectivity index (χ4n) is 4.36. The molecule has 3 atom stereocenters. The van der Waals surface area contributed by atoms with E-state index in [-0.39, 0.29) is 22.9 Å². The zero-order chi connectivity index (χ0) is 17.8. The number of halogens is 3. The first-order chi connectivity index (χ1) is 11.8. The van der Waals surface area contributed by atoms with Crippen LogP contribution in [0.4, 0.5) is 13.2 Å². The van der Waals surface area contributed by atoms with Crippen LogP contribution in [0.15, 0.2) is 29.2 Å². The van der Waals surface area contributed by atoms with Crippen molar-refractivity contribution >= 4 is 10.0 Å². The molecule has 0 amide bonds. The van der Waals surface area contributed by atoms with Crippen molar-refractivity contribution in [3.05, 3.63) is 29.8 Å². The molecule has 4 nitrogen and oxygen atoms in total. The highest BCUT2D eigenvalue weighted by molar-refractivity contribution is 7.89. The Balaban J connectivity index is 1.70. The summed E-state index contributed by atoms with van der Waals surface area (Å²) in [6, 6.07) is 3.96. The summed E-state index contributed by atoms with van der Waals surface area (Å²) in [6.45, 7) is 1.69. The molecule has 1 N–H and O–H groups in total. The van der Waals surface area contributed by atoms with Crippen LogP contribution in [0.25, 0.3) is 0 Å². The van der Waals surface area contributed by atoms with Crippen LogP contribution in [0.2, 0.25) is 0 Å². The maximum Gasteiger partial charge on any atom is 0.416 e. The summed E-state index contributed by atoms with van der Waals surface area (Å²) in [6.07, 6.45) is -1.20. The van der Waals surface area contributed by atoms with Crippen LogP contribution in [0, 0.1) is 11.8 Å². The molecule has 0 aromatic heterocycles. The minimum atomic E-state index is -4.55. The molecule has 2 aliphatic carbocycles. The predicted molar refractivity (Wildman–Crippen MR) is 86.4 cm³/mol. The molecule has 0 spiro atoms. The van der Waals surface area contributed by atoms with Crippen molar-refractivity contribution in [3.63, 3.8) is 0 Å². The number of nitrogens with zero attached hydrogens (tertiary/aromatic N) is 1. The zero-order valence-electron chi connectivity index (χ0n) is 13.7. The van der Waals surface area contributed by atoms with Gasteiger partial charge in [0.05, 0.1) is 10.5 Å². The van der Waals surface area contributed by atoms with Crippen molar-refractivity contribution in [2.75, 3.05) is 13.1 Å². The Kier molecular flexibility index (Phi) is 4.12. The standard InChI is InChI=1S/C17H21F3N2O2S/c18-17(19,20)12-2-1-3-14(8-12)25(23,24)22(13-5-6-13)16-7-4-11-9-21-10-15(11)16/h1-3,8,11,13,15-16,21H,4-7,9-10H2. The number of benzene rings is 1. The highest BCUT2D eigenvalue weighted by Gasteiger charge is 2.50. The van der Waals surface area contributed by atoms with E-state index in [1.807, 2.05) is 0 Å². The summed E-state index contributed by atoms with van der Waals surface area (Å²) < 4.78 is 66.9. The maximum absolute atomic E-state index is 13.2. The third-order valence-corrected chi connectivity index (χ3v) is 7.66. The zero-order valence-corrected chi connectivity index (χ0v) is 14.5. The average Bonchev–Trinajstić information content (AvgIpc) is 3.12. The van der Waals surface area contributed by atoms with Gasteiger partial charge in [0.1, 0.15) is 0 Å². The summed E-state index contributed by atoms with van der Waals surface area (Å²) in [7, 11) is -3.94. The summed E-state index contributed by atoms with van der Waals surface area (Å²) in [4.78, 5) is -0.247. The number of alkyl halides is 3.